The fraction of sp³-hybridized carbons (Fsp3) is 0.448. The van der Waals surface area contributed by atoms with Gasteiger partial charge >= 0.3 is 5.97 Å². The van der Waals surface area contributed by atoms with Crippen LogP contribution in [0.5, 0.6) is 5.75 Å². The Kier molecular flexibility index (Phi) is 10.1. The van der Waals surface area contributed by atoms with Crippen molar-refractivity contribution in [1.29, 1.82) is 0 Å². The highest BCUT2D eigenvalue weighted by Gasteiger charge is 2.37. The standard InChI is InChI=1S/C29H38N2O5/c1-5-24(6-2)36-27-16-23(29(33)34)15-26(28(27)31-20(4)32)30-17-21-11-13-25(14-12-21)35-18-22-9-7-19(3)8-10-22/h7-14,16,24,26-28,30H,5-6,15,17-18H2,1-4H3,(H,31,32)(H,33,34)/t26-,27+,28+/m0/s1. The molecule has 7 nitrogen and oxygen atoms in total. The Morgan fingerprint density at radius 2 is 1.67 bits per heavy atom. The number of amides is 1. The molecule has 3 rings (SSSR count). The summed E-state index contributed by atoms with van der Waals surface area (Å²) in [6, 6.07) is 15.4. The molecule has 0 saturated carbocycles. The number of aryl methyl sites for hydroxylation is 1. The molecule has 36 heavy (non-hydrogen) atoms. The molecule has 1 aliphatic rings. The van der Waals surface area contributed by atoms with E-state index in [1.54, 1.807) is 6.08 Å². The number of carboxylic acid groups (broad SMARTS) is 1. The lowest BCUT2D eigenvalue weighted by Gasteiger charge is -2.38. The fourth-order valence-electron chi connectivity index (χ4n) is 4.37. The van der Waals surface area contributed by atoms with E-state index in [1.807, 2.05) is 38.1 Å². The molecule has 2 aromatic rings. The molecule has 1 amide bonds. The Morgan fingerprint density at radius 1 is 1.03 bits per heavy atom. The lowest BCUT2D eigenvalue weighted by Crippen LogP contribution is -2.58. The molecule has 0 radical (unpaired) electrons. The Labute approximate surface area is 213 Å². The first-order valence-electron chi connectivity index (χ1n) is 12.7. The van der Waals surface area contributed by atoms with E-state index in [0.717, 1.165) is 29.7 Å². The van der Waals surface area contributed by atoms with E-state index in [1.165, 1.54) is 12.5 Å². The van der Waals surface area contributed by atoms with Gasteiger partial charge in [0.15, 0.2) is 0 Å². The SMILES string of the molecule is CCC(CC)O[C@@H]1C=C(C(=O)O)C[C@H](NCc2ccc(OCc3ccc(C)cc3)cc2)[C@H]1NC(C)=O. The number of ether oxygens (including phenoxy) is 2. The van der Waals surface area contributed by atoms with Gasteiger partial charge in [0.2, 0.25) is 5.91 Å². The van der Waals surface area contributed by atoms with Crippen molar-refractivity contribution in [3.63, 3.8) is 0 Å². The van der Waals surface area contributed by atoms with Crippen LogP contribution in [0.4, 0.5) is 0 Å². The lowest BCUT2D eigenvalue weighted by molar-refractivity contribution is -0.133. The van der Waals surface area contributed by atoms with Crippen LogP contribution in [0.1, 0.15) is 56.7 Å². The van der Waals surface area contributed by atoms with Crippen molar-refractivity contribution >= 4 is 11.9 Å². The number of hydrogen-bond donors (Lipinski definition) is 3. The third kappa shape index (κ3) is 7.93. The van der Waals surface area contributed by atoms with E-state index in [9.17, 15) is 14.7 Å². The summed E-state index contributed by atoms with van der Waals surface area (Å²) < 4.78 is 12.1. The highest BCUT2D eigenvalue weighted by molar-refractivity contribution is 5.87. The van der Waals surface area contributed by atoms with E-state index >= 15 is 0 Å². The number of rotatable bonds is 12. The largest absolute Gasteiger partial charge is 0.489 e. The summed E-state index contributed by atoms with van der Waals surface area (Å²) in [5.74, 6) is -0.355. The Bertz CT molecular complexity index is 1030. The van der Waals surface area contributed by atoms with E-state index < -0.39 is 12.1 Å². The average molecular weight is 495 g/mol. The van der Waals surface area contributed by atoms with Crippen molar-refractivity contribution in [2.24, 2.45) is 0 Å². The van der Waals surface area contributed by atoms with Crippen molar-refractivity contribution in [1.82, 2.24) is 10.6 Å². The van der Waals surface area contributed by atoms with Crippen molar-refractivity contribution in [2.45, 2.75) is 84.4 Å². The monoisotopic (exact) mass is 494 g/mol. The molecule has 0 aromatic heterocycles. The third-order valence-corrected chi connectivity index (χ3v) is 6.52. The zero-order valence-electron chi connectivity index (χ0n) is 21.6. The first kappa shape index (κ1) is 27.4. The first-order valence-corrected chi connectivity index (χ1v) is 12.7. The van der Waals surface area contributed by atoms with Crippen molar-refractivity contribution in [3.8, 4) is 5.75 Å². The summed E-state index contributed by atoms with van der Waals surface area (Å²) in [5.41, 5.74) is 3.65. The number of hydrogen-bond acceptors (Lipinski definition) is 5. The number of carbonyl (C=O) groups excluding carboxylic acids is 1. The van der Waals surface area contributed by atoms with Crippen LogP contribution in [-0.4, -0.2) is 41.3 Å². The Morgan fingerprint density at radius 3 is 2.25 bits per heavy atom. The molecular weight excluding hydrogens is 456 g/mol. The molecule has 0 bridgehead atoms. The molecule has 194 valence electrons. The van der Waals surface area contributed by atoms with Gasteiger partial charge in [0.25, 0.3) is 0 Å². The highest BCUT2D eigenvalue weighted by atomic mass is 16.5. The molecule has 0 unspecified atom stereocenters. The first-order chi connectivity index (χ1) is 17.3. The maximum Gasteiger partial charge on any atom is 0.331 e. The van der Waals surface area contributed by atoms with Crippen LogP contribution >= 0.6 is 0 Å². The van der Waals surface area contributed by atoms with Gasteiger partial charge in [-0.3, -0.25) is 4.79 Å². The maximum absolute atomic E-state index is 12.0. The number of nitrogens with one attached hydrogen (secondary N) is 2. The minimum absolute atomic E-state index is 0.0104. The highest BCUT2D eigenvalue weighted by Crippen LogP contribution is 2.25. The van der Waals surface area contributed by atoms with Crippen molar-refractivity contribution in [3.05, 3.63) is 76.9 Å². The van der Waals surface area contributed by atoms with Crippen molar-refractivity contribution < 1.29 is 24.2 Å². The van der Waals surface area contributed by atoms with Gasteiger partial charge in [-0.1, -0.05) is 55.8 Å². The van der Waals surface area contributed by atoms with Gasteiger partial charge < -0.3 is 25.2 Å². The molecule has 0 fully saturated rings. The zero-order valence-corrected chi connectivity index (χ0v) is 21.6. The summed E-state index contributed by atoms with van der Waals surface area (Å²) in [6.07, 6.45) is 3.04. The quantitative estimate of drug-likeness (QED) is 0.401. The molecule has 0 spiro atoms. The molecule has 0 heterocycles. The molecule has 0 aliphatic heterocycles. The van der Waals surface area contributed by atoms with Gasteiger partial charge in [0.1, 0.15) is 12.4 Å². The molecule has 3 N–H and O–H groups in total. The van der Waals surface area contributed by atoms with E-state index in [0.29, 0.717) is 25.1 Å². The van der Waals surface area contributed by atoms with E-state index in [4.69, 9.17) is 9.47 Å². The van der Waals surface area contributed by atoms with E-state index in [-0.39, 0.29) is 24.1 Å². The Balaban J connectivity index is 1.66. The zero-order chi connectivity index (χ0) is 26.1. The molecule has 7 heteroatoms. The second kappa shape index (κ2) is 13.2. The summed E-state index contributed by atoms with van der Waals surface area (Å²) in [5, 5.41) is 16.2. The van der Waals surface area contributed by atoms with Gasteiger partial charge in [-0.2, -0.15) is 0 Å². The minimum Gasteiger partial charge on any atom is -0.489 e. The molecular formula is C29H38N2O5. The lowest BCUT2D eigenvalue weighted by atomic mass is 9.87. The molecule has 0 saturated heterocycles. The summed E-state index contributed by atoms with van der Waals surface area (Å²) >= 11 is 0. The number of aliphatic carboxylic acids is 1. The van der Waals surface area contributed by atoms with Gasteiger partial charge in [-0.15, -0.1) is 0 Å². The maximum atomic E-state index is 12.0. The fourth-order valence-corrected chi connectivity index (χ4v) is 4.37. The molecule has 2 aromatic carbocycles. The predicted octanol–water partition coefficient (Wildman–Crippen LogP) is 4.53. The molecule has 1 aliphatic carbocycles. The van der Waals surface area contributed by atoms with E-state index in [2.05, 4.69) is 41.8 Å². The second-order valence-corrected chi connectivity index (χ2v) is 9.37. The number of carboxylic acids is 1. The van der Waals surface area contributed by atoms with Gasteiger partial charge in [-0.05, 0) is 55.5 Å². The van der Waals surface area contributed by atoms with Crippen LogP contribution in [0.25, 0.3) is 0 Å². The summed E-state index contributed by atoms with van der Waals surface area (Å²) in [4.78, 5) is 23.8. The number of benzene rings is 2. The van der Waals surface area contributed by atoms with Crippen LogP contribution in [0.3, 0.4) is 0 Å². The average Bonchev–Trinajstić information content (AvgIpc) is 2.87. The third-order valence-electron chi connectivity index (χ3n) is 6.52. The summed E-state index contributed by atoms with van der Waals surface area (Å²) in [7, 11) is 0. The normalized spacial score (nSPS) is 19.6. The smallest absolute Gasteiger partial charge is 0.331 e. The minimum atomic E-state index is -0.962. The van der Waals surface area contributed by atoms with Crippen molar-refractivity contribution in [2.75, 3.05) is 0 Å². The predicted molar refractivity (Wildman–Crippen MR) is 140 cm³/mol. The van der Waals surface area contributed by atoms with Crippen LogP contribution in [0.15, 0.2) is 60.2 Å². The topological polar surface area (TPSA) is 96.9 Å². The van der Waals surface area contributed by atoms with Crippen LogP contribution < -0.4 is 15.4 Å². The van der Waals surface area contributed by atoms with Crippen LogP contribution in [0, 0.1) is 6.92 Å². The van der Waals surface area contributed by atoms with Gasteiger partial charge in [-0.25, -0.2) is 4.79 Å². The summed E-state index contributed by atoms with van der Waals surface area (Å²) in [6.45, 7) is 8.62. The number of carbonyl (C=O) groups is 2. The van der Waals surface area contributed by atoms with Crippen LogP contribution in [-0.2, 0) is 27.5 Å². The Hall–Kier alpha value is -3.16. The second-order valence-electron chi connectivity index (χ2n) is 9.37. The molecule has 3 atom stereocenters. The van der Waals surface area contributed by atoms with Gasteiger partial charge in [0, 0.05) is 25.1 Å². The van der Waals surface area contributed by atoms with Gasteiger partial charge in [0.05, 0.1) is 18.2 Å². The van der Waals surface area contributed by atoms with Crippen LogP contribution in [0.2, 0.25) is 0 Å².